The fraction of sp³-hybridized carbons (Fsp3) is 0.846. The molecule has 6 nitrogen and oxygen atoms in total. The Labute approximate surface area is 115 Å². The van der Waals surface area contributed by atoms with Gasteiger partial charge >= 0.3 is 0 Å². The quantitative estimate of drug-likeness (QED) is 0.667. The number of carbonyl (C=O) groups is 2. The van der Waals surface area contributed by atoms with Crippen molar-refractivity contribution >= 4 is 11.8 Å². The van der Waals surface area contributed by atoms with E-state index in [0.29, 0.717) is 13.1 Å². The summed E-state index contributed by atoms with van der Waals surface area (Å²) in [6.45, 7) is 10.5. The van der Waals surface area contributed by atoms with E-state index < -0.39 is 0 Å². The largest absolute Gasteiger partial charge is 0.352 e. The minimum atomic E-state index is -0.0921. The average molecular weight is 270 g/mol. The third-order valence-electron chi connectivity index (χ3n) is 3.09. The van der Waals surface area contributed by atoms with Crippen molar-refractivity contribution < 1.29 is 9.59 Å². The summed E-state index contributed by atoms with van der Waals surface area (Å²) in [5.41, 5.74) is 0. The first-order valence-corrected chi connectivity index (χ1v) is 7.03. The van der Waals surface area contributed by atoms with Crippen LogP contribution in [0.15, 0.2) is 0 Å². The van der Waals surface area contributed by atoms with Crippen LogP contribution in [0, 0.1) is 0 Å². The third-order valence-corrected chi connectivity index (χ3v) is 3.09. The molecule has 0 unspecified atom stereocenters. The zero-order chi connectivity index (χ0) is 14.3. The van der Waals surface area contributed by atoms with Gasteiger partial charge in [0, 0.05) is 38.8 Å². The van der Waals surface area contributed by atoms with Gasteiger partial charge in [-0.25, -0.2) is 0 Å². The van der Waals surface area contributed by atoms with Gasteiger partial charge in [-0.3, -0.25) is 14.5 Å². The Morgan fingerprint density at radius 3 is 2.47 bits per heavy atom. The lowest BCUT2D eigenvalue weighted by Crippen LogP contribution is -2.50. The highest BCUT2D eigenvalue weighted by atomic mass is 16.2. The number of nitrogens with one attached hydrogen (secondary N) is 2. The summed E-state index contributed by atoms with van der Waals surface area (Å²) < 4.78 is 0. The number of piperazine rings is 1. The van der Waals surface area contributed by atoms with E-state index >= 15 is 0 Å². The van der Waals surface area contributed by atoms with Gasteiger partial charge in [0.1, 0.15) is 0 Å². The Kier molecular flexibility index (Phi) is 6.80. The van der Waals surface area contributed by atoms with Crippen molar-refractivity contribution in [3.63, 3.8) is 0 Å². The summed E-state index contributed by atoms with van der Waals surface area (Å²) in [6, 6.07) is 0.106. The zero-order valence-electron chi connectivity index (χ0n) is 12.2. The fourth-order valence-corrected chi connectivity index (χ4v) is 2.08. The molecule has 1 heterocycles. The normalized spacial score (nSPS) is 16.4. The Morgan fingerprint density at radius 1 is 1.32 bits per heavy atom. The van der Waals surface area contributed by atoms with Crippen LogP contribution in [0.2, 0.25) is 0 Å². The number of nitrogens with zero attached hydrogens (tertiary/aromatic N) is 2. The fourth-order valence-electron chi connectivity index (χ4n) is 2.08. The van der Waals surface area contributed by atoms with Gasteiger partial charge in [-0.05, 0) is 20.8 Å². The van der Waals surface area contributed by atoms with Crippen molar-refractivity contribution in [1.29, 1.82) is 0 Å². The first-order chi connectivity index (χ1) is 9.02. The smallest absolute Gasteiger partial charge is 0.239 e. The van der Waals surface area contributed by atoms with Crippen molar-refractivity contribution in [1.82, 2.24) is 20.4 Å². The van der Waals surface area contributed by atoms with Gasteiger partial charge in [0.2, 0.25) is 11.8 Å². The molecule has 0 radical (unpaired) electrons. The number of carbonyl (C=O) groups excluding carboxylic acids is 2. The molecule has 0 aromatic rings. The lowest BCUT2D eigenvalue weighted by atomic mass is 10.3. The van der Waals surface area contributed by atoms with Gasteiger partial charge in [-0.15, -0.1) is 0 Å². The molecule has 110 valence electrons. The minimum Gasteiger partial charge on any atom is -0.352 e. The predicted molar refractivity (Wildman–Crippen MR) is 74.8 cm³/mol. The molecule has 0 aliphatic carbocycles. The molecule has 19 heavy (non-hydrogen) atoms. The van der Waals surface area contributed by atoms with Gasteiger partial charge in [0.25, 0.3) is 0 Å². The number of hydrogen-bond acceptors (Lipinski definition) is 4. The van der Waals surface area contributed by atoms with E-state index in [1.807, 2.05) is 20.8 Å². The molecule has 1 aliphatic heterocycles. The van der Waals surface area contributed by atoms with Gasteiger partial charge in [-0.1, -0.05) is 0 Å². The van der Waals surface area contributed by atoms with E-state index in [4.69, 9.17) is 0 Å². The van der Waals surface area contributed by atoms with Gasteiger partial charge in [-0.2, -0.15) is 0 Å². The Balaban J connectivity index is 2.39. The lowest BCUT2D eigenvalue weighted by Gasteiger charge is -2.29. The van der Waals surface area contributed by atoms with Crippen LogP contribution >= 0.6 is 0 Å². The summed E-state index contributed by atoms with van der Waals surface area (Å²) in [5, 5.41) is 6.06. The predicted octanol–water partition coefficient (Wildman–Crippen LogP) is -0.735. The summed E-state index contributed by atoms with van der Waals surface area (Å²) in [6.07, 6.45) is 0. The van der Waals surface area contributed by atoms with Crippen LogP contribution < -0.4 is 10.6 Å². The lowest BCUT2D eigenvalue weighted by molar-refractivity contribution is -0.137. The molecule has 0 atom stereocenters. The molecule has 1 aliphatic rings. The summed E-state index contributed by atoms with van der Waals surface area (Å²) in [7, 11) is 0. The Bertz CT molecular complexity index is 301. The van der Waals surface area contributed by atoms with E-state index in [0.717, 1.165) is 26.2 Å². The van der Waals surface area contributed by atoms with Crippen molar-refractivity contribution in [2.24, 2.45) is 0 Å². The molecule has 0 spiro atoms. The molecule has 1 rings (SSSR count). The van der Waals surface area contributed by atoms with Gasteiger partial charge < -0.3 is 15.5 Å². The molecular formula is C13H26N4O2. The second kappa shape index (κ2) is 8.12. The van der Waals surface area contributed by atoms with Crippen LogP contribution in [0.1, 0.15) is 20.8 Å². The summed E-state index contributed by atoms with van der Waals surface area (Å²) in [5.74, 6) is -0.0613. The van der Waals surface area contributed by atoms with Crippen molar-refractivity contribution in [2.45, 2.75) is 26.8 Å². The van der Waals surface area contributed by atoms with E-state index in [2.05, 4.69) is 15.5 Å². The monoisotopic (exact) mass is 270 g/mol. The Morgan fingerprint density at radius 2 is 1.95 bits per heavy atom. The van der Waals surface area contributed by atoms with Crippen LogP contribution in [0.4, 0.5) is 0 Å². The molecule has 0 saturated carbocycles. The molecule has 0 aromatic carbocycles. The summed E-state index contributed by atoms with van der Waals surface area (Å²) >= 11 is 0. The molecule has 6 heteroatoms. The van der Waals surface area contributed by atoms with Crippen molar-refractivity contribution in [3.8, 4) is 0 Å². The second-order valence-electron chi connectivity index (χ2n) is 5.16. The van der Waals surface area contributed by atoms with Gasteiger partial charge in [0.15, 0.2) is 0 Å². The maximum absolute atomic E-state index is 12.1. The van der Waals surface area contributed by atoms with E-state index in [1.54, 1.807) is 4.90 Å². The van der Waals surface area contributed by atoms with Crippen LogP contribution in [0.3, 0.4) is 0 Å². The van der Waals surface area contributed by atoms with Crippen LogP contribution in [-0.2, 0) is 9.59 Å². The standard InChI is InChI=1S/C13H26N4O2/c1-4-17(9-12(18)15-11(2)3)13(19)10-16-7-5-14-6-8-16/h11,14H,4-10H2,1-3H3,(H,15,18). The number of likely N-dealkylation sites (N-methyl/N-ethyl adjacent to an activating group) is 1. The molecule has 2 amide bonds. The number of amides is 2. The first kappa shape index (κ1) is 15.9. The van der Waals surface area contributed by atoms with Crippen molar-refractivity contribution in [3.05, 3.63) is 0 Å². The van der Waals surface area contributed by atoms with E-state index in [9.17, 15) is 9.59 Å². The topological polar surface area (TPSA) is 64.7 Å². The Hall–Kier alpha value is -1.14. The number of rotatable bonds is 6. The summed E-state index contributed by atoms with van der Waals surface area (Å²) in [4.78, 5) is 27.6. The van der Waals surface area contributed by atoms with Crippen LogP contribution in [-0.4, -0.2) is 73.5 Å². The molecule has 0 aromatic heterocycles. The number of hydrogen-bond donors (Lipinski definition) is 2. The maximum Gasteiger partial charge on any atom is 0.239 e. The average Bonchev–Trinajstić information content (AvgIpc) is 2.36. The van der Waals surface area contributed by atoms with E-state index in [1.165, 1.54) is 0 Å². The SMILES string of the molecule is CCN(CC(=O)NC(C)C)C(=O)CN1CCNCC1. The van der Waals surface area contributed by atoms with Crippen LogP contribution in [0.25, 0.3) is 0 Å². The molecular weight excluding hydrogens is 244 g/mol. The molecule has 0 bridgehead atoms. The minimum absolute atomic E-state index is 0.0308. The van der Waals surface area contributed by atoms with E-state index in [-0.39, 0.29) is 24.4 Å². The highest BCUT2D eigenvalue weighted by Crippen LogP contribution is 1.97. The van der Waals surface area contributed by atoms with Gasteiger partial charge in [0.05, 0.1) is 13.1 Å². The molecule has 1 fully saturated rings. The first-order valence-electron chi connectivity index (χ1n) is 7.03. The molecule has 2 N–H and O–H groups in total. The highest BCUT2D eigenvalue weighted by molar-refractivity contribution is 5.85. The third kappa shape index (κ3) is 6.02. The second-order valence-corrected chi connectivity index (χ2v) is 5.16. The maximum atomic E-state index is 12.1. The highest BCUT2D eigenvalue weighted by Gasteiger charge is 2.19. The zero-order valence-corrected chi connectivity index (χ0v) is 12.2. The molecule has 1 saturated heterocycles. The van der Waals surface area contributed by atoms with Crippen molar-refractivity contribution in [2.75, 3.05) is 45.8 Å². The van der Waals surface area contributed by atoms with Crippen LogP contribution in [0.5, 0.6) is 0 Å².